The van der Waals surface area contributed by atoms with Gasteiger partial charge in [-0.25, -0.2) is 4.99 Å². The van der Waals surface area contributed by atoms with E-state index in [1.165, 1.54) is 11.1 Å². The molecule has 0 radical (unpaired) electrons. The number of nitrogens with two attached hydrogens (primary N) is 1. The lowest BCUT2D eigenvalue weighted by Crippen LogP contribution is -2.10. The van der Waals surface area contributed by atoms with Gasteiger partial charge in [0.15, 0.2) is 0 Å². The van der Waals surface area contributed by atoms with Crippen LogP contribution in [0.3, 0.4) is 0 Å². The molecule has 1 aliphatic heterocycles. The van der Waals surface area contributed by atoms with E-state index in [4.69, 9.17) is 10.5 Å². The fourth-order valence-electron chi connectivity index (χ4n) is 2.09. The summed E-state index contributed by atoms with van der Waals surface area (Å²) < 4.78 is 5.16. The summed E-state index contributed by atoms with van der Waals surface area (Å²) in [5, 5.41) is 0. The highest BCUT2D eigenvalue weighted by molar-refractivity contribution is 5.73. The third-order valence-corrected chi connectivity index (χ3v) is 3.07. The van der Waals surface area contributed by atoms with Crippen LogP contribution in [0.2, 0.25) is 0 Å². The van der Waals surface area contributed by atoms with Gasteiger partial charge in [0.1, 0.15) is 12.6 Å². The molecule has 3 rings (SSSR count). The van der Waals surface area contributed by atoms with Crippen molar-refractivity contribution < 1.29 is 4.74 Å². The van der Waals surface area contributed by atoms with Crippen molar-refractivity contribution >= 4 is 6.02 Å². The molecule has 1 heterocycles. The van der Waals surface area contributed by atoms with Crippen molar-refractivity contribution in [2.45, 2.75) is 6.04 Å². The van der Waals surface area contributed by atoms with E-state index in [1.807, 2.05) is 18.2 Å². The first-order valence-electron chi connectivity index (χ1n) is 5.94. The summed E-state index contributed by atoms with van der Waals surface area (Å²) in [6, 6.07) is 19.0. The molecule has 1 atom stereocenters. The van der Waals surface area contributed by atoms with Crippen LogP contribution in [-0.4, -0.2) is 12.6 Å². The van der Waals surface area contributed by atoms with Gasteiger partial charge in [0.05, 0.1) is 0 Å². The molecule has 0 saturated carbocycles. The van der Waals surface area contributed by atoms with Gasteiger partial charge in [-0.2, -0.15) is 0 Å². The van der Waals surface area contributed by atoms with Gasteiger partial charge in [-0.3, -0.25) is 0 Å². The van der Waals surface area contributed by atoms with Crippen LogP contribution in [0.1, 0.15) is 11.6 Å². The molecule has 3 nitrogen and oxygen atoms in total. The molecule has 0 fully saturated rings. The third kappa shape index (κ3) is 2.07. The van der Waals surface area contributed by atoms with E-state index in [0.717, 1.165) is 5.56 Å². The summed E-state index contributed by atoms with van der Waals surface area (Å²) >= 11 is 0. The van der Waals surface area contributed by atoms with Crippen molar-refractivity contribution in [1.82, 2.24) is 0 Å². The van der Waals surface area contributed by atoms with Gasteiger partial charge in [0.2, 0.25) is 0 Å². The average Bonchev–Trinajstić information content (AvgIpc) is 2.87. The third-order valence-electron chi connectivity index (χ3n) is 3.07. The van der Waals surface area contributed by atoms with Gasteiger partial charge in [0, 0.05) is 0 Å². The van der Waals surface area contributed by atoms with Gasteiger partial charge < -0.3 is 10.5 Å². The van der Waals surface area contributed by atoms with E-state index >= 15 is 0 Å². The molecular formula is C15H14N2O. The second kappa shape index (κ2) is 4.53. The summed E-state index contributed by atoms with van der Waals surface area (Å²) in [5.41, 5.74) is 9.07. The molecule has 2 aromatic rings. The second-order valence-corrected chi connectivity index (χ2v) is 4.28. The summed E-state index contributed by atoms with van der Waals surface area (Å²) in [6.07, 6.45) is 0. The minimum absolute atomic E-state index is 0.0369. The Labute approximate surface area is 106 Å². The molecule has 0 amide bonds. The average molecular weight is 238 g/mol. The Hall–Kier alpha value is -2.29. The van der Waals surface area contributed by atoms with Gasteiger partial charge in [0.25, 0.3) is 6.02 Å². The van der Waals surface area contributed by atoms with Crippen LogP contribution in [0.4, 0.5) is 0 Å². The van der Waals surface area contributed by atoms with E-state index in [9.17, 15) is 0 Å². The quantitative estimate of drug-likeness (QED) is 0.874. The van der Waals surface area contributed by atoms with E-state index < -0.39 is 0 Å². The van der Waals surface area contributed by atoms with Crippen molar-refractivity contribution in [3.05, 3.63) is 60.2 Å². The highest BCUT2D eigenvalue weighted by Crippen LogP contribution is 2.25. The Bertz CT molecular complexity index is 561. The first kappa shape index (κ1) is 10.8. The molecule has 0 unspecified atom stereocenters. The van der Waals surface area contributed by atoms with Gasteiger partial charge in [-0.15, -0.1) is 0 Å². The predicted molar refractivity (Wildman–Crippen MR) is 72.2 cm³/mol. The minimum atomic E-state index is 0.0369. The maximum Gasteiger partial charge on any atom is 0.282 e. The van der Waals surface area contributed by atoms with Crippen LogP contribution >= 0.6 is 0 Å². The molecule has 0 spiro atoms. The van der Waals surface area contributed by atoms with Gasteiger partial charge in [-0.05, 0) is 16.7 Å². The van der Waals surface area contributed by atoms with Gasteiger partial charge in [-0.1, -0.05) is 54.6 Å². The first-order valence-corrected chi connectivity index (χ1v) is 5.94. The Morgan fingerprint density at radius 3 is 2.22 bits per heavy atom. The molecule has 0 aliphatic carbocycles. The minimum Gasteiger partial charge on any atom is -0.463 e. The maximum absolute atomic E-state index is 5.51. The highest BCUT2D eigenvalue weighted by Gasteiger charge is 2.18. The van der Waals surface area contributed by atoms with E-state index in [1.54, 1.807) is 0 Å². The lowest BCUT2D eigenvalue weighted by molar-refractivity contribution is 0.315. The van der Waals surface area contributed by atoms with E-state index in [-0.39, 0.29) is 12.1 Å². The number of rotatable bonds is 2. The zero-order chi connectivity index (χ0) is 12.4. The Balaban J connectivity index is 1.86. The molecule has 0 saturated heterocycles. The van der Waals surface area contributed by atoms with Crippen LogP contribution in [-0.2, 0) is 4.74 Å². The molecule has 3 heteroatoms. The molecular weight excluding hydrogens is 224 g/mol. The standard InChI is InChI=1S/C15H14N2O/c16-15-17-14(10-18-15)13-8-6-12(7-9-13)11-4-2-1-3-5-11/h1-9,14H,10H2,(H2,16,17)/t14-/m1/s1. The number of aliphatic imine (C=N–C) groups is 1. The number of ether oxygens (including phenoxy) is 1. The van der Waals surface area contributed by atoms with Crippen molar-refractivity contribution in [2.75, 3.05) is 6.61 Å². The van der Waals surface area contributed by atoms with E-state index in [2.05, 4.69) is 41.4 Å². The van der Waals surface area contributed by atoms with Crippen LogP contribution in [0.25, 0.3) is 11.1 Å². The van der Waals surface area contributed by atoms with Crippen LogP contribution < -0.4 is 5.73 Å². The fourth-order valence-corrected chi connectivity index (χ4v) is 2.09. The summed E-state index contributed by atoms with van der Waals surface area (Å²) in [6.45, 7) is 0.538. The van der Waals surface area contributed by atoms with Crippen molar-refractivity contribution in [3.63, 3.8) is 0 Å². The summed E-state index contributed by atoms with van der Waals surface area (Å²) in [5.74, 6) is 0. The number of benzene rings is 2. The second-order valence-electron chi connectivity index (χ2n) is 4.28. The molecule has 2 aromatic carbocycles. The Morgan fingerprint density at radius 2 is 1.61 bits per heavy atom. The molecule has 0 bridgehead atoms. The Morgan fingerprint density at radius 1 is 0.944 bits per heavy atom. The fraction of sp³-hybridized carbons (Fsp3) is 0.133. The molecule has 90 valence electrons. The SMILES string of the molecule is NC1=N[C@@H](c2ccc(-c3ccccc3)cc2)CO1. The number of hydrogen-bond acceptors (Lipinski definition) is 3. The maximum atomic E-state index is 5.51. The molecule has 0 aromatic heterocycles. The van der Waals surface area contributed by atoms with E-state index in [0.29, 0.717) is 6.61 Å². The summed E-state index contributed by atoms with van der Waals surface area (Å²) in [7, 11) is 0. The zero-order valence-corrected chi connectivity index (χ0v) is 9.91. The Kier molecular flexibility index (Phi) is 2.73. The van der Waals surface area contributed by atoms with Crippen LogP contribution in [0.15, 0.2) is 59.6 Å². The number of nitrogens with zero attached hydrogens (tertiary/aromatic N) is 1. The highest BCUT2D eigenvalue weighted by atomic mass is 16.5. The lowest BCUT2D eigenvalue weighted by Gasteiger charge is -2.07. The monoisotopic (exact) mass is 238 g/mol. The normalized spacial score (nSPS) is 18.2. The topological polar surface area (TPSA) is 47.6 Å². The molecule has 2 N–H and O–H groups in total. The zero-order valence-electron chi connectivity index (χ0n) is 9.91. The molecule has 18 heavy (non-hydrogen) atoms. The van der Waals surface area contributed by atoms with Gasteiger partial charge >= 0.3 is 0 Å². The number of amidine groups is 1. The van der Waals surface area contributed by atoms with Crippen molar-refractivity contribution in [1.29, 1.82) is 0 Å². The number of hydrogen-bond donors (Lipinski definition) is 1. The van der Waals surface area contributed by atoms with Crippen LogP contribution in [0.5, 0.6) is 0 Å². The summed E-state index contributed by atoms with van der Waals surface area (Å²) in [4.78, 5) is 4.23. The van der Waals surface area contributed by atoms with Crippen molar-refractivity contribution in [2.24, 2.45) is 10.7 Å². The predicted octanol–water partition coefficient (Wildman–Crippen LogP) is 2.74. The smallest absolute Gasteiger partial charge is 0.282 e. The lowest BCUT2D eigenvalue weighted by atomic mass is 10.0. The van der Waals surface area contributed by atoms with Crippen LogP contribution in [0, 0.1) is 0 Å². The molecule has 1 aliphatic rings. The first-order chi connectivity index (χ1) is 8.83. The van der Waals surface area contributed by atoms with Crippen molar-refractivity contribution in [3.8, 4) is 11.1 Å². The largest absolute Gasteiger partial charge is 0.463 e.